The van der Waals surface area contributed by atoms with Crippen LogP contribution >= 0.6 is 15.9 Å². The van der Waals surface area contributed by atoms with Gasteiger partial charge in [-0.15, -0.1) is 0 Å². The number of hydrogen-bond donors (Lipinski definition) is 1. The summed E-state index contributed by atoms with van der Waals surface area (Å²) in [4.78, 5) is 12.4. The van der Waals surface area contributed by atoms with Gasteiger partial charge in [0.05, 0.1) is 0 Å². The Bertz CT molecular complexity index is 690. The Morgan fingerprint density at radius 1 is 1.17 bits per heavy atom. The van der Waals surface area contributed by atoms with Gasteiger partial charge >= 0.3 is 0 Å². The number of carbonyl (C=O) groups excluding carboxylic acids is 1. The van der Waals surface area contributed by atoms with Crippen molar-refractivity contribution in [3.63, 3.8) is 0 Å². The molecule has 0 spiro atoms. The van der Waals surface area contributed by atoms with Gasteiger partial charge in [-0.25, -0.2) is 0 Å². The third-order valence-electron chi connectivity index (χ3n) is 3.75. The molecule has 0 bridgehead atoms. The maximum absolute atomic E-state index is 12.4. The summed E-state index contributed by atoms with van der Waals surface area (Å²) >= 11 is 3.40. The smallest absolute Gasteiger partial charge is 0.265 e. The van der Waals surface area contributed by atoms with E-state index in [1.54, 1.807) is 0 Å². The molecule has 4 heteroatoms. The summed E-state index contributed by atoms with van der Waals surface area (Å²) < 4.78 is 6.79. The van der Waals surface area contributed by atoms with E-state index in [9.17, 15) is 4.79 Å². The molecule has 128 valence electrons. The second kappa shape index (κ2) is 7.84. The number of anilines is 1. The zero-order chi connectivity index (χ0) is 17.7. The van der Waals surface area contributed by atoms with E-state index in [1.165, 1.54) is 5.56 Å². The van der Waals surface area contributed by atoms with Crippen LogP contribution in [0.15, 0.2) is 53.0 Å². The number of nitrogens with one attached hydrogen (secondary N) is 1. The van der Waals surface area contributed by atoms with Gasteiger partial charge in [0.25, 0.3) is 5.91 Å². The first-order valence-corrected chi connectivity index (χ1v) is 8.92. The number of carbonyl (C=O) groups is 1. The van der Waals surface area contributed by atoms with E-state index in [2.05, 4.69) is 42.0 Å². The summed E-state index contributed by atoms with van der Waals surface area (Å²) in [6.45, 7) is 8.45. The summed E-state index contributed by atoms with van der Waals surface area (Å²) in [5.74, 6) is 0.565. The van der Waals surface area contributed by atoms with Gasteiger partial charge in [-0.3, -0.25) is 4.79 Å². The summed E-state index contributed by atoms with van der Waals surface area (Å²) in [6.07, 6.45) is 0.0744. The number of halogens is 1. The van der Waals surface area contributed by atoms with Crippen molar-refractivity contribution in [3.05, 3.63) is 58.6 Å². The molecule has 0 unspecified atom stereocenters. The highest BCUT2D eigenvalue weighted by molar-refractivity contribution is 9.10. The highest BCUT2D eigenvalue weighted by Crippen LogP contribution is 2.25. The van der Waals surface area contributed by atoms with Crippen molar-refractivity contribution in [2.24, 2.45) is 0 Å². The predicted molar refractivity (Wildman–Crippen MR) is 103 cm³/mol. The van der Waals surface area contributed by atoms with Crippen molar-refractivity contribution in [2.45, 2.75) is 45.6 Å². The fourth-order valence-corrected chi connectivity index (χ4v) is 2.71. The van der Waals surface area contributed by atoms with Crippen LogP contribution in [-0.2, 0) is 10.2 Å². The second-order valence-corrected chi connectivity index (χ2v) is 7.70. The van der Waals surface area contributed by atoms with Crippen LogP contribution in [0.25, 0.3) is 0 Å². The van der Waals surface area contributed by atoms with E-state index in [0.717, 1.165) is 10.2 Å². The Labute approximate surface area is 152 Å². The van der Waals surface area contributed by atoms with E-state index in [1.807, 2.05) is 55.5 Å². The molecule has 0 radical (unpaired) electrons. The molecule has 2 aromatic carbocycles. The lowest BCUT2D eigenvalue weighted by atomic mass is 9.87. The molecule has 24 heavy (non-hydrogen) atoms. The second-order valence-electron chi connectivity index (χ2n) is 6.79. The maximum atomic E-state index is 12.4. The van der Waals surface area contributed by atoms with Crippen LogP contribution in [-0.4, -0.2) is 12.0 Å². The molecule has 0 aliphatic carbocycles. The molecule has 2 aromatic rings. The van der Waals surface area contributed by atoms with Gasteiger partial charge < -0.3 is 10.1 Å². The lowest BCUT2D eigenvalue weighted by Crippen LogP contribution is -2.32. The number of ether oxygens (including phenoxy) is 1. The van der Waals surface area contributed by atoms with Gasteiger partial charge in [0.2, 0.25) is 0 Å². The van der Waals surface area contributed by atoms with Crippen molar-refractivity contribution in [3.8, 4) is 5.75 Å². The quantitative estimate of drug-likeness (QED) is 0.728. The Morgan fingerprint density at radius 2 is 1.83 bits per heavy atom. The van der Waals surface area contributed by atoms with E-state index in [4.69, 9.17) is 4.74 Å². The summed E-state index contributed by atoms with van der Waals surface area (Å²) in [5.41, 5.74) is 2.09. The largest absolute Gasteiger partial charge is 0.481 e. The zero-order valence-corrected chi connectivity index (χ0v) is 16.2. The zero-order valence-electron chi connectivity index (χ0n) is 14.6. The van der Waals surface area contributed by atoms with Gasteiger partial charge in [-0.1, -0.05) is 61.8 Å². The van der Waals surface area contributed by atoms with E-state index < -0.39 is 6.10 Å². The molecule has 0 aliphatic heterocycles. The molecule has 0 saturated carbocycles. The minimum atomic E-state index is -0.524. The van der Waals surface area contributed by atoms with Crippen LogP contribution < -0.4 is 10.1 Å². The Morgan fingerprint density at radius 3 is 2.38 bits per heavy atom. The monoisotopic (exact) mass is 389 g/mol. The van der Waals surface area contributed by atoms with Gasteiger partial charge in [0.1, 0.15) is 5.75 Å². The van der Waals surface area contributed by atoms with Gasteiger partial charge in [0.15, 0.2) is 6.10 Å². The SMILES string of the molecule is CC[C@@H](Oc1ccc(C(C)(C)C)cc1)C(=O)Nc1cccc(Br)c1. The first-order valence-electron chi connectivity index (χ1n) is 8.13. The number of rotatable bonds is 5. The molecule has 0 aliphatic rings. The van der Waals surface area contributed by atoms with Crippen molar-refractivity contribution in [2.75, 3.05) is 5.32 Å². The maximum Gasteiger partial charge on any atom is 0.265 e. The standard InChI is InChI=1S/C20H24BrNO2/c1-5-18(19(23)22-16-8-6-7-15(21)13-16)24-17-11-9-14(10-12-17)20(2,3)4/h6-13,18H,5H2,1-4H3,(H,22,23)/t18-/m1/s1. The van der Waals surface area contributed by atoms with E-state index >= 15 is 0 Å². The predicted octanol–water partition coefficient (Wildman–Crippen LogP) is 5.54. The van der Waals surface area contributed by atoms with E-state index in [-0.39, 0.29) is 11.3 Å². The number of amides is 1. The molecule has 0 aromatic heterocycles. The number of hydrogen-bond acceptors (Lipinski definition) is 2. The number of benzene rings is 2. The molecule has 1 amide bonds. The fraction of sp³-hybridized carbons (Fsp3) is 0.350. The molecule has 3 nitrogen and oxygen atoms in total. The summed E-state index contributed by atoms with van der Waals surface area (Å²) in [7, 11) is 0. The van der Waals surface area contributed by atoms with Crippen LogP contribution in [0.4, 0.5) is 5.69 Å². The molecule has 1 N–H and O–H groups in total. The highest BCUT2D eigenvalue weighted by atomic mass is 79.9. The van der Waals surface area contributed by atoms with Crippen LogP contribution in [0.5, 0.6) is 5.75 Å². The minimum Gasteiger partial charge on any atom is -0.481 e. The molecule has 0 fully saturated rings. The van der Waals surface area contributed by atoms with E-state index in [0.29, 0.717) is 12.2 Å². The molecule has 1 atom stereocenters. The Kier molecular flexibility index (Phi) is 6.05. The topological polar surface area (TPSA) is 38.3 Å². The van der Waals surface area contributed by atoms with Crippen LogP contribution in [0, 0.1) is 0 Å². The normalized spacial score (nSPS) is 12.5. The summed E-state index contributed by atoms with van der Waals surface area (Å²) in [6, 6.07) is 15.5. The van der Waals surface area contributed by atoms with Gasteiger partial charge in [-0.2, -0.15) is 0 Å². The Balaban J connectivity index is 2.04. The molecular weight excluding hydrogens is 366 g/mol. The van der Waals surface area contributed by atoms with Crippen LogP contribution in [0.2, 0.25) is 0 Å². The van der Waals surface area contributed by atoms with Crippen molar-refractivity contribution < 1.29 is 9.53 Å². The van der Waals surface area contributed by atoms with Gasteiger partial charge in [0, 0.05) is 10.2 Å². The van der Waals surface area contributed by atoms with Crippen molar-refractivity contribution >= 4 is 27.5 Å². The molecule has 0 heterocycles. The third-order valence-corrected chi connectivity index (χ3v) is 4.25. The Hall–Kier alpha value is -1.81. The first-order chi connectivity index (χ1) is 11.3. The van der Waals surface area contributed by atoms with Crippen LogP contribution in [0.3, 0.4) is 0 Å². The van der Waals surface area contributed by atoms with Crippen molar-refractivity contribution in [1.82, 2.24) is 0 Å². The first kappa shape index (κ1) is 18.5. The third kappa shape index (κ3) is 5.10. The molecule has 2 rings (SSSR count). The highest BCUT2D eigenvalue weighted by Gasteiger charge is 2.19. The van der Waals surface area contributed by atoms with Gasteiger partial charge in [-0.05, 0) is 47.7 Å². The van der Waals surface area contributed by atoms with Crippen LogP contribution in [0.1, 0.15) is 39.7 Å². The minimum absolute atomic E-state index is 0.0980. The average molecular weight is 390 g/mol. The lowest BCUT2D eigenvalue weighted by molar-refractivity contribution is -0.122. The fourth-order valence-electron chi connectivity index (χ4n) is 2.31. The van der Waals surface area contributed by atoms with Crippen molar-refractivity contribution in [1.29, 1.82) is 0 Å². The summed E-state index contributed by atoms with van der Waals surface area (Å²) in [5, 5.41) is 2.90. The average Bonchev–Trinajstić information content (AvgIpc) is 2.52. The lowest BCUT2D eigenvalue weighted by Gasteiger charge is -2.21. The molecule has 0 saturated heterocycles. The molecular formula is C20H24BrNO2.